The third-order valence-corrected chi connectivity index (χ3v) is 4.75. The van der Waals surface area contributed by atoms with Gasteiger partial charge in [-0.1, -0.05) is 18.2 Å². The lowest BCUT2D eigenvalue weighted by Gasteiger charge is -2.38. The van der Waals surface area contributed by atoms with Gasteiger partial charge >= 0.3 is 12.1 Å². The van der Waals surface area contributed by atoms with E-state index >= 15 is 0 Å². The molecule has 142 valence electrons. The monoisotopic (exact) mass is 377 g/mol. The molecular formula is C20H18F3NO3. The summed E-state index contributed by atoms with van der Waals surface area (Å²) in [5, 5.41) is 0. The number of hydrogen-bond donors (Lipinski definition) is 0. The van der Waals surface area contributed by atoms with E-state index < -0.39 is 23.6 Å². The van der Waals surface area contributed by atoms with Crippen molar-refractivity contribution >= 4 is 17.6 Å². The van der Waals surface area contributed by atoms with Crippen LogP contribution in [0.15, 0.2) is 48.5 Å². The largest absolute Gasteiger partial charge is 0.469 e. The number of benzene rings is 2. The first-order valence-electron chi connectivity index (χ1n) is 8.41. The fraction of sp³-hybridized carbons (Fsp3) is 0.300. The summed E-state index contributed by atoms with van der Waals surface area (Å²) in [6, 6.07) is 10.8. The van der Waals surface area contributed by atoms with E-state index in [0.717, 1.165) is 12.1 Å². The highest BCUT2D eigenvalue weighted by atomic mass is 19.4. The second kappa shape index (κ2) is 7.06. The summed E-state index contributed by atoms with van der Waals surface area (Å²) in [6.45, 7) is 1.80. The van der Waals surface area contributed by atoms with E-state index in [1.165, 1.54) is 24.1 Å². The second-order valence-corrected chi connectivity index (χ2v) is 6.47. The van der Waals surface area contributed by atoms with Crippen LogP contribution in [0.2, 0.25) is 0 Å². The number of methoxy groups -OCH3 is 1. The van der Waals surface area contributed by atoms with Crippen LogP contribution in [0.1, 0.15) is 40.7 Å². The van der Waals surface area contributed by atoms with Crippen LogP contribution in [0.3, 0.4) is 0 Å². The molecule has 2 aromatic rings. The SMILES string of the molecule is COC(=O)[C@H]1C[C@@H](C)N(C(=O)c2ccc(C(F)(F)F)cc2)c2ccccc21. The normalized spacial score (nSPS) is 19.4. The number of halogens is 3. The third kappa shape index (κ3) is 3.54. The number of amides is 1. The zero-order valence-electron chi connectivity index (χ0n) is 14.8. The second-order valence-electron chi connectivity index (χ2n) is 6.47. The zero-order chi connectivity index (χ0) is 19.8. The number of esters is 1. The van der Waals surface area contributed by atoms with Crippen LogP contribution < -0.4 is 4.90 Å². The lowest BCUT2D eigenvalue weighted by atomic mass is 9.85. The Hall–Kier alpha value is -2.83. The Bertz CT molecular complexity index is 862. The fourth-order valence-corrected chi connectivity index (χ4v) is 3.43. The minimum Gasteiger partial charge on any atom is -0.469 e. The van der Waals surface area contributed by atoms with Crippen LogP contribution in [0.4, 0.5) is 18.9 Å². The molecule has 0 unspecified atom stereocenters. The Labute approximate surface area is 154 Å². The van der Waals surface area contributed by atoms with Crippen LogP contribution in [-0.4, -0.2) is 25.0 Å². The highest BCUT2D eigenvalue weighted by molar-refractivity contribution is 6.07. The van der Waals surface area contributed by atoms with Gasteiger partial charge in [-0.25, -0.2) is 0 Å². The van der Waals surface area contributed by atoms with Crippen LogP contribution in [0.25, 0.3) is 0 Å². The fourth-order valence-electron chi connectivity index (χ4n) is 3.43. The number of fused-ring (bicyclic) bond motifs is 1. The zero-order valence-corrected chi connectivity index (χ0v) is 14.8. The van der Waals surface area contributed by atoms with Crippen molar-refractivity contribution in [3.8, 4) is 0 Å². The molecular weight excluding hydrogens is 359 g/mol. The Balaban J connectivity index is 1.98. The van der Waals surface area contributed by atoms with Crippen molar-refractivity contribution in [2.75, 3.05) is 12.0 Å². The minimum atomic E-state index is -4.46. The number of rotatable bonds is 2. The van der Waals surface area contributed by atoms with Crippen molar-refractivity contribution in [1.82, 2.24) is 0 Å². The Morgan fingerprint density at radius 1 is 1.07 bits per heavy atom. The number of anilines is 1. The molecule has 0 saturated carbocycles. The summed E-state index contributed by atoms with van der Waals surface area (Å²) in [6.07, 6.45) is -4.09. The summed E-state index contributed by atoms with van der Waals surface area (Å²) in [5.41, 5.74) is 0.581. The van der Waals surface area contributed by atoms with Crippen LogP contribution >= 0.6 is 0 Å². The molecule has 0 saturated heterocycles. The summed E-state index contributed by atoms with van der Waals surface area (Å²) < 4.78 is 43.1. The molecule has 4 nitrogen and oxygen atoms in total. The lowest BCUT2D eigenvalue weighted by molar-refractivity contribution is -0.142. The summed E-state index contributed by atoms with van der Waals surface area (Å²) in [7, 11) is 1.31. The molecule has 1 aliphatic rings. The molecule has 0 aromatic heterocycles. The molecule has 1 aliphatic heterocycles. The minimum absolute atomic E-state index is 0.154. The van der Waals surface area contributed by atoms with E-state index in [4.69, 9.17) is 4.74 Å². The maximum absolute atomic E-state index is 13.0. The predicted molar refractivity (Wildman–Crippen MR) is 93.5 cm³/mol. The first kappa shape index (κ1) is 18.9. The van der Waals surface area contributed by atoms with Gasteiger partial charge in [0.15, 0.2) is 0 Å². The molecule has 0 radical (unpaired) electrons. The Morgan fingerprint density at radius 3 is 2.30 bits per heavy atom. The van der Waals surface area contributed by atoms with Gasteiger partial charge in [-0.3, -0.25) is 9.59 Å². The van der Waals surface area contributed by atoms with E-state index in [1.54, 1.807) is 31.2 Å². The number of carbonyl (C=O) groups is 2. The van der Waals surface area contributed by atoms with E-state index in [1.807, 2.05) is 0 Å². The van der Waals surface area contributed by atoms with Gasteiger partial charge in [-0.05, 0) is 49.2 Å². The number of para-hydroxylation sites is 1. The maximum atomic E-state index is 13.0. The average Bonchev–Trinajstić information content (AvgIpc) is 2.65. The van der Waals surface area contributed by atoms with Crippen LogP contribution in [0.5, 0.6) is 0 Å². The van der Waals surface area contributed by atoms with Crippen molar-refractivity contribution in [2.24, 2.45) is 0 Å². The van der Waals surface area contributed by atoms with E-state index in [9.17, 15) is 22.8 Å². The Morgan fingerprint density at radius 2 is 1.70 bits per heavy atom. The molecule has 1 heterocycles. The molecule has 0 bridgehead atoms. The van der Waals surface area contributed by atoms with E-state index in [-0.39, 0.29) is 17.6 Å². The molecule has 0 aliphatic carbocycles. The first-order valence-corrected chi connectivity index (χ1v) is 8.41. The number of hydrogen-bond acceptors (Lipinski definition) is 3. The van der Waals surface area contributed by atoms with Crippen molar-refractivity contribution in [3.05, 3.63) is 65.2 Å². The van der Waals surface area contributed by atoms with Crippen LogP contribution in [0, 0.1) is 0 Å². The highest BCUT2D eigenvalue weighted by Gasteiger charge is 2.38. The van der Waals surface area contributed by atoms with Gasteiger partial charge in [0, 0.05) is 17.3 Å². The van der Waals surface area contributed by atoms with Crippen molar-refractivity contribution < 1.29 is 27.5 Å². The molecule has 27 heavy (non-hydrogen) atoms. The van der Waals surface area contributed by atoms with Gasteiger partial charge in [-0.2, -0.15) is 13.2 Å². The molecule has 3 rings (SSSR count). The van der Waals surface area contributed by atoms with Gasteiger partial charge in [0.25, 0.3) is 5.91 Å². The number of nitrogens with zero attached hydrogens (tertiary/aromatic N) is 1. The van der Waals surface area contributed by atoms with Crippen molar-refractivity contribution in [1.29, 1.82) is 0 Å². The summed E-state index contributed by atoms with van der Waals surface area (Å²) >= 11 is 0. The molecule has 2 aromatic carbocycles. The van der Waals surface area contributed by atoms with Gasteiger partial charge in [0.05, 0.1) is 18.6 Å². The molecule has 7 heteroatoms. The van der Waals surface area contributed by atoms with E-state index in [0.29, 0.717) is 17.7 Å². The van der Waals surface area contributed by atoms with Gasteiger partial charge in [-0.15, -0.1) is 0 Å². The van der Waals surface area contributed by atoms with Gasteiger partial charge in [0.1, 0.15) is 0 Å². The number of carbonyl (C=O) groups excluding carboxylic acids is 2. The molecule has 0 spiro atoms. The predicted octanol–water partition coefficient (Wildman–Crippen LogP) is 4.40. The highest BCUT2D eigenvalue weighted by Crippen LogP contribution is 2.40. The smallest absolute Gasteiger partial charge is 0.416 e. The first-order chi connectivity index (χ1) is 12.7. The van der Waals surface area contributed by atoms with E-state index in [2.05, 4.69) is 0 Å². The Kier molecular flexibility index (Phi) is 4.95. The van der Waals surface area contributed by atoms with Crippen LogP contribution in [-0.2, 0) is 15.7 Å². The third-order valence-electron chi connectivity index (χ3n) is 4.75. The summed E-state index contributed by atoms with van der Waals surface area (Å²) in [5.74, 6) is -1.28. The molecule has 1 amide bonds. The maximum Gasteiger partial charge on any atom is 0.416 e. The molecule has 0 N–H and O–H groups in total. The lowest BCUT2D eigenvalue weighted by Crippen LogP contribution is -2.44. The van der Waals surface area contributed by atoms with Crippen molar-refractivity contribution in [2.45, 2.75) is 31.5 Å². The topological polar surface area (TPSA) is 46.6 Å². The summed E-state index contributed by atoms with van der Waals surface area (Å²) in [4.78, 5) is 26.7. The van der Waals surface area contributed by atoms with Gasteiger partial charge < -0.3 is 9.64 Å². The average molecular weight is 377 g/mol. The standard InChI is InChI=1S/C20H18F3NO3/c1-12-11-16(19(26)27-2)15-5-3-4-6-17(15)24(12)18(25)13-7-9-14(10-8-13)20(21,22)23/h3-10,12,16H,11H2,1-2H3/t12-,16+/m1/s1. The van der Waals surface area contributed by atoms with Gasteiger partial charge in [0.2, 0.25) is 0 Å². The molecule has 0 fully saturated rings. The number of alkyl halides is 3. The quantitative estimate of drug-likeness (QED) is 0.729. The molecule has 2 atom stereocenters. The van der Waals surface area contributed by atoms with Crippen molar-refractivity contribution in [3.63, 3.8) is 0 Å². The number of ether oxygens (including phenoxy) is 1.